The van der Waals surface area contributed by atoms with Gasteiger partial charge in [0.2, 0.25) is 6.79 Å². The predicted molar refractivity (Wildman–Crippen MR) is 86.6 cm³/mol. The van der Waals surface area contributed by atoms with Crippen LogP contribution in [0.25, 0.3) is 0 Å². The van der Waals surface area contributed by atoms with Crippen molar-refractivity contribution in [3.63, 3.8) is 0 Å². The minimum Gasteiger partial charge on any atom is -0.496 e. The van der Waals surface area contributed by atoms with Crippen LogP contribution in [0.1, 0.15) is 23.7 Å². The molecule has 0 N–H and O–H groups in total. The zero-order valence-electron chi connectivity index (χ0n) is 14.1. The minimum atomic E-state index is 0.208. The number of fused-ring (bicyclic) bond motifs is 4. The third kappa shape index (κ3) is 2.52. The van der Waals surface area contributed by atoms with Gasteiger partial charge in [-0.25, -0.2) is 4.68 Å². The number of benzene rings is 1. The Bertz CT molecular complexity index is 793. The van der Waals surface area contributed by atoms with Gasteiger partial charge in [0.05, 0.1) is 37.8 Å². The molecule has 1 fully saturated rings. The van der Waals surface area contributed by atoms with E-state index in [1.807, 2.05) is 16.8 Å². The van der Waals surface area contributed by atoms with Crippen LogP contribution >= 0.6 is 0 Å². The van der Waals surface area contributed by atoms with Crippen LogP contribution in [-0.2, 0) is 17.9 Å². The highest BCUT2D eigenvalue weighted by Crippen LogP contribution is 2.39. The molecule has 5 rings (SSSR count). The van der Waals surface area contributed by atoms with Gasteiger partial charge in [-0.05, 0) is 12.5 Å². The summed E-state index contributed by atoms with van der Waals surface area (Å²) >= 11 is 0. The molecule has 4 heterocycles. The highest BCUT2D eigenvalue weighted by Gasteiger charge is 2.36. The molecule has 0 spiro atoms. The molecular formula is C17H20N4O4. The van der Waals surface area contributed by atoms with Crippen LogP contribution in [0.4, 0.5) is 0 Å². The Morgan fingerprint density at radius 1 is 1.28 bits per heavy atom. The van der Waals surface area contributed by atoms with Gasteiger partial charge in [0.15, 0.2) is 11.5 Å². The molecule has 0 bridgehead atoms. The number of methoxy groups -OCH3 is 1. The van der Waals surface area contributed by atoms with E-state index < -0.39 is 0 Å². The largest absolute Gasteiger partial charge is 0.496 e. The summed E-state index contributed by atoms with van der Waals surface area (Å²) in [6.07, 6.45) is 2.98. The van der Waals surface area contributed by atoms with Gasteiger partial charge >= 0.3 is 0 Å². The van der Waals surface area contributed by atoms with Crippen molar-refractivity contribution in [2.75, 3.05) is 27.0 Å². The average Bonchev–Trinajstić information content (AvgIpc) is 3.29. The molecule has 3 aliphatic rings. The maximum Gasteiger partial charge on any atom is 0.231 e. The summed E-state index contributed by atoms with van der Waals surface area (Å²) < 4.78 is 24.5. The summed E-state index contributed by atoms with van der Waals surface area (Å²) in [5.74, 6) is 2.35. The quantitative estimate of drug-likeness (QED) is 0.832. The van der Waals surface area contributed by atoms with E-state index in [0.29, 0.717) is 6.61 Å². The fraction of sp³-hybridized carbons (Fsp3) is 0.529. The molecule has 0 unspecified atom stereocenters. The molecule has 2 aromatic rings. The third-order valence-corrected chi connectivity index (χ3v) is 5.18. The first-order valence-electron chi connectivity index (χ1n) is 8.51. The maximum atomic E-state index is 5.98. The van der Waals surface area contributed by atoms with E-state index in [4.69, 9.17) is 18.9 Å². The Balaban J connectivity index is 1.38. The lowest BCUT2D eigenvalue weighted by molar-refractivity contribution is -0.0670. The Morgan fingerprint density at radius 3 is 3.04 bits per heavy atom. The van der Waals surface area contributed by atoms with E-state index in [1.165, 1.54) is 0 Å². The zero-order chi connectivity index (χ0) is 16.8. The second-order valence-electron chi connectivity index (χ2n) is 6.63. The number of hydrogen-bond donors (Lipinski definition) is 0. The number of nitrogens with zero attached hydrogens (tertiary/aromatic N) is 4. The number of rotatable bonds is 3. The van der Waals surface area contributed by atoms with Crippen molar-refractivity contribution in [3.8, 4) is 17.2 Å². The Labute approximate surface area is 145 Å². The summed E-state index contributed by atoms with van der Waals surface area (Å²) in [6, 6.07) is 4.13. The van der Waals surface area contributed by atoms with E-state index in [2.05, 4.69) is 15.2 Å². The van der Waals surface area contributed by atoms with Crippen LogP contribution in [0.3, 0.4) is 0 Å². The lowest BCUT2D eigenvalue weighted by atomic mass is 9.99. The number of piperidine rings is 1. The Morgan fingerprint density at radius 2 is 2.16 bits per heavy atom. The van der Waals surface area contributed by atoms with Crippen LogP contribution in [0.15, 0.2) is 18.3 Å². The summed E-state index contributed by atoms with van der Waals surface area (Å²) in [4.78, 5) is 2.40. The molecule has 0 amide bonds. The van der Waals surface area contributed by atoms with Gasteiger partial charge in [-0.15, -0.1) is 5.10 Å². The molecule has 0 saturated carbocycles. The minimum absolute atomic E-state index is 0.208. The number of likely N-dealkylation sites (tertiary alicyclic amines) is 1. The lowest BCUT2D eigenvalue weighted by Crippen LogP contribution is -2.47. The van der Waals surface area contributed by atoms with Crippen molar-refractivity contribution in [1.29, 1.82) is 0 Å². The monoisotopic (exact) mass is 344 g/mol. The van der Waals surface area contributed by atoms with Gasteiger partial charge in [0.25, 0.3) is 0 Å². The molecule has 8 heteroatoms. The smallest absolute Gasteiger partial charge is 0.231 e. The predicted octanol–water partition coefficient (Wildman–Crippen LogP) is 1.36. The second-order valence-corrected chi connectivity index (χ2v) is 6.63. The van der Waals surface area contributed by atoms with Crippen LogP contribution < -0.4 is 14.2 Å². The van der Waals surface area contributed by atoms with Crippen molar-refractivity contribution in [3.05, 3.63) is 29.6 Å². The zero-order valence-corrected chi connectivity index (χ0v) is 14.1. The SMILES string of the molecule is COc1cc2c(cc1CN1CC[C@H]3OCc4cnnn4[C@H]3C1)OCO2. The van der Waals surface area contributed by atoms with Gasteiger partial charge < -0.3 is 18.9 Å². The molecule has 0 aliphatic carbocycles. The first-order valence-corrected chi connectivity index (χ1v) is 8.51. The average molecular weight is 344 g/mol. The number of ether oxygens (including phenoxy) is 4. The number of hydrogen-bond acceptors (Lipinski definition) is 7. The Kier molecular flexibility index (Phi) is 3.53. The van der Waals surface area contributed by atoms with Crippen LogP contribution in [0.2, 0.25) is 0 Å². The lowest BCUT2D eigenvalue weighted by Gasteiger charge is -2.41. The van der Waals surface area contributed by atoms with Gasteiger partial charge in [-0.3, -0.25) is 4.90 Å². The van der Waals surface area contributed by atoms with Crippen LogP contribution in [0, 0.1) is 0 Å². The highest BCUT2D eigenvalue weighted by molar-refractivity contribution is 5.51. The fourth-order valence-electron chi connectivity index (χ4n) is 3.91. The molecule has 8 nitrogen and oxygen atoms in total. The molecule has 1 aromatic carbocycles. The van der Waals surface area contributed by atoms with E-state index in [-0.39, 0.29) is 18.9 Å². The first kappa shape index (κ1) is 15.0. The normalized spacial score (nSPS) is 24.7. The fourth-order valence-corrected chi connectivity index (χ4v) is 3.91. The maximum absolute atomic E-state index is 5.98. The van der Waals surface area contributed by atoms with E-state index in [9.17, 15) is 0 Å². The molecule has 0 radical (unpaired) electrons. The van der Waals surface area contributed by atoms with Gasteiger partial charge in [-0.1, -0.05) is 5.21 Å². The molecule has 1 aromatic heterocycles. The molecule has 1 saturated heterocycles. The number of aromatic nitrogens is 3. The van der Waals surface area contributed by atoms with E-state index in [1.54, 1.807) is 13.3 Å². The summed E-state index contributed by atoms with van der Waals surface area (Å²) in [5.41, 5.74) is 2.14. The van der Waals surface area contributed by atoms with Crippen molar-refractivity contribution >= 4 is 0 Å². The van der Waals surface area contributed by atoms with E-state index >= 15 is 0 Å². The van der Waals surface area contributed by atoms with Crippen molar-refractivity contribution in [2.45, 2.75) is 31.7 Å². The molecule has 3 aliphatic heterocycles. The van der Waals surface area contributed by atoms with E-state index in [0.717, 1.165) is 54.6 Å². The molecule has 25 heavy (non-hydrogen) atoms. The van der Waals surface area contributed by atoms with Crippen LogP contribution in [0.5, 0.6) is 17.2 Å². The van der Waals surface area contributed by atoms with Crippen LogP contribution in [-0.4, -0.2) is 53.0 Å². The summed E-state index contributed by atoms with van der Waals surface area (Å²) in [6.45, 7) is 3.50. The van der Waals surface area contributed by atoms with Gasteiger partial charge in [-0.2, -0.15) is 0 Å². The van der Waals surface area contributed by atoms with Gasteiger partial charge in [0, 0.05) is 31.3 Å². The highest BCUT2D eigenvalue weighted by atomic mass is 16.7. The second kappa shape index (κ2) is 5.89. The first-order chi connectivity index (χ1) is 12.3. The van der Waals surface area contributed by atoms with Crippen molar-refractivity contribution < 1.29 is 18.9 Å². The van der Waals surface area contributed by atoms with Crippen molar-refractivity contribution in [1.82, 2.24) is 19.9 Å². The molecular weight excluding hydrogens is 324 g/mol. The van der Waals surface area contributed by atoms with Crippen molar-refractivity contribution in [2.24, 2.45) is 0 Å². The Hall–Kier alpha value is -2.32. The standard InChI is InChI=1S/C17H20N4O4/c1-22-15-5-17-16(24-10-25-17)4-11(15)7-20-3-2-14-13(8-20)21-12(9-23-14)6-18-19-21/h4-6,13-14H,2-3,7-10H2,1H3/t13-,14+/m0/s1. The topological polar surface area (TPSA) is 70.9 Å². The summed E-state index contributed by atoms with van der Waals surface area (Å²) in [7, 11) is 1.68. The van der Waals surface area contributed by atoms with Gasteiger partial charge in [0.1, 0.15) is 5.75 Å². The summed E-state index contributed by atoms with van der Waals surface area (Å²) in [5, 5.41) is 8.30. The third-order valence-electron chi connectivity index (χ3n) is 5.18. The molecule has 132 valence electrons. The molecule has 2 atom stereocenters.